The van der Waals surface area contributed by atoms with Gasteiger partial charge >= 0.3 is 0 Å². The summed E-state index contributed by atoms with van der Waals surface area (Å²) in [5.74, 6) is 0.693. The van der Waals surface area contributed by atoms with Gasteiger partial charge in [0.25, 0.3) is 5.91 Å². The summed E-state index contributed by atoms with van der Waals surface area (Å²) in [6, 6.07) is 16.2. The van der Waals surface area contributed by atoms with Crippen molar-refractivity contribution in [3.05, 3.63) is 65.2 Å². The highest BCUT2D eigenvalue weighted by molar-refractivity contribution is 5.80. The van der Waals surface area contributed by atoms with Crippen LogP contribution in [0.1, 0.15) is 44.4 Å². The van der Waals surface area contributed by atoms with Gasteiger partial charge < -0.3 is 9.64 Å². The van der Waals surface area contributed by atoms with Crippen LogP contribution in [0.15, 0.2) is 48.5 Å². The number of ether oxygens (including phenoxy) is 1. The highest BCUT2D eigenvalue weighted by Gasteiger charge is 2.20. The molecule has 3 nitrogen and oxygen atoms in total. The topological polar surface area (TPSA) is 29.5 Å². The van der Waals surface area contributed by atoms with Gasteiger partial charge in [0.1, 0.15) is 5.75 Å². The van der Waals surface area contributed by atoms with E-state index < -0.39 is 6.10 Å². The molecule has 3 heteroatoms. The summed E-state index contributed by atoms with van der Waals surface area (Å²) in [6.07, 6.45) is -0.518. The maximum absolute atomic E-state index is 12.5. The summed E-state index contributed by atoms with van der Waals surface area (Å²) in [4.78, 5) is 14.3. The monoisotopic (exact) mass is 339 g/mol. The van der Waals surface area contributed by atoms with Crippen LogP contribution in [0.5, 0.6) is 5.75 Å². The molecule has 0 bridgehead atoms. The average Bonchev–Trinajstić information content (AvgIpc) is 2.55. The molecule has 0 heterocycles. The van der Waals surface area contributed by atoms with Crippen molar-refractivity contribution in [2.45, 2.75) is 52.7 Å². The Morgan fingerprint density at radius 2 is 1.60 bits per heavy atom. The molecular formula is C22H29NO2. The van der Waals surface area contributed by atoms with E-state index in [1.54, 1.807) is 11.8 Å². The zero-order chi connectivity index (χ0) is 18.6. The second kappa shape index (κ2) is 7.73. The second-order valence-electron chi connectivity index (χ2n) is 7.71. The summed E-state index contributed by atoms with van der Waals surface area (Å²) < 4.78 is 5.83. The smallest absolute Gasteiger partial charge is 0.263 e. The minimum absolute atomic E-state index is 0.0273. The second-order valence-corrected chi connectivity index (χ2v) is 7.71. The largest absolute Gasteiger partial charge is 0.481 e. The Balaban J connectivity index is 1.96. The number of benzene rings is 2. The van der Waals surface area contributed by atoms with Crippen LogP contribution < -0.4 is 4.74 Å². The van der Waals surface area contributed by atoms with Crippen LogP contribution in [0, 0.1) is 6.92 Å². The zero-order valence-corrected chi connectivity index (χ0v) is 16.2. The van der Waals surface area contributed by atoms with Crippen molar-refractivity contribution in [3.63, 3.8) is 0 Å². The zero-order valence-electron chi connectivity index (χ0n) is 16.2. The number of nitrogens with zero attached hydrogens (tertiary/aromatic N) is 1. The van der Waals surface area contributed by atoms with Crippen LogP contribution in [0.4, 0.5) is 0 Å². The summed E-state index contributed by atoms with van der Waals surface area (Å²) in [6.45, 7) is 11.0. The number of hydrogen-bond donors (Lipinski definition) is 0. The highest BCUT2D eigenvalue weighted by Crippen LogP contribution is 2.24. The van der Waals surface area contributed by atoms with Gasteiger partial charge in [0.05, 0.1) is 0 Å². The van der Waals surface area contributed by atoms with Gasteiger partial charge in [-0.2, -0.15) is 0 Å². The number of likely N-dealkylation sites (N-methyl/N-ethyl adjacent to an activating group) is 1. The van der Waals surface area contributed by atoms with E-state index in [0.29, 0.717) is 6.54 Å². The molecule has 25 heavy (non-hydrogen) atoms. The van der Waals surface area contributed by atoms with Crippen LogP contribution >= 0.6 is 0 Å². The van der Waals surface area contributed by atoms with Crippen molar-refractivity contribution in [2.75, 3.05) is 7.05 Å². The number of amides is 1. The molecule has 2 aromatic rings. The third-order valence-corrected chi connectivity index (χ3v) is 4.30. The van der Waals surface area contributed by atoms with E-state index >= 15 is 0 Å². The molecule has 1 unspecified atom stereocenters. The van der Waals surface area contributed by atoms with Gasteiger partial charge in [-0.15, -0.1) is 0 Å². The van der Waals surface area contributed by atoms with Crippen LogP contribution in [0.25, 0.3) is 0 Å². The van der Waals surface area contributed by atoms with Crippen LogP contribution in [-0.4, -0.2) is 24.0 Å². The molecule has 1 atom stereocenters. The molecule has 1 amide bonds. The summed E-state index contributed by atoms with van der Waals surface area (Å²) >= 11 is 0. The van der Waals surface area contributed by atoms with E-state index in [4.69, 9.17) is 4.74 Å². The molecule has 0 aromatic heterocycles. The standard InChI is InChI=1S/C22H29NO2/c1-16-7-9-18(10-8-16)15-23(6)21(24)17(2)25-20-13-11-19(12-14-20)22(3,4)5/h7-14,17H,15H2,1-6H3. The Morgan fingerprint density at radius 1 is 1.04 bits per heavy atom. The molecule has 0 aliphatic heterocycles. The fourth-order valence-electron chi connectivity index (χ4n) is 2.64. The Morgan fingerprint density at radius 3 is 2.12 bits per heavy atom. The molecule has 0 saturated heterocycles. The van der Waals surface area contributed by atoms with Crippen molar-refractivity contribution < 1.29 is 9.53 Å². The minimum atomic E-state index is -0.518. The molecule has 0 aliphatic rings. The first-order valence-electron chi connectivity index (χ1n) is 8.74. The lowest BCUT2D eigenvalue weighted by Crippen LogP contribution is -2.37. The van der Waals surface area contributed by atoms with Crippen LogP contribution in [-0.2, 0) is 16.8 Å². The van der Waals surface area contributed by atoms with Crippen molar-refractivity contribution in [1.29, 1.82) is 0 Å². The van der Waals surface area contributed by atoms with Gasteiger partial charge in [-0.1, -0.05) is 62.7 Å². The number of aryl methyl sites for hydroxylation is 1. The molecule has 134 valence electrons. The van der Waals surface area contributed by atoms with Gasteiger partial charge in [0.2, 0.25) is 0 Å². The number of hydrogen-bond acceptors (Lipinski definition) is 2. The Bertz CT molecular complexity index is 696. The fourth-order valence-corrected chi connectivity index (χ4v) is 2.64. The molecule has 0 radical (unpaired) electrons. The van der Waals surface area contributed by atoms with Crippen molar-refractivity contribution >= 4 is 5.91 Å². The van der Waals surface area contributed by atoms with Gasteiger partial charge in [0.15, 0.2) is 6.10 Å². The SMILES string of the molecule is Cc1ccc(CN(C)C(=O)C(C)Oc2ccc(C(C)(C)C)cc2)cc1. The lowest BCUT2D eigenvalue weighted by atomic mass is 9.87. The lowest BCUT2D eigenvalue weighted by Gasteiger charge is -2.23. The normalized spacial score (nSPS) is 12.6. The third kappa shape index (κ3) is 5.35. The van der Waals surface area contributed by atoms with Crippen LogP contribution in [0.3, 0.4) is 0 Å². The quantitative estimate of drug-likeness (QED) is 0.789. The molecule has 2 rings (SSSR count). The van der Waals surface area contributed by atoms with Crippen molar-refractivity contribution in [1.82, 2.24) is 4.90 Å². The summed E-state index contributed by atoms with van der Waals surface area (Å²) in [5, 5.41) is 0. The Hall–Kier alpha value is -2.29. The van der Waals surface area contributed by atoms with E-state index in [2.05, 4.69) is 64.1 Å². The average molecular weight is 339 g/mol. The van der Waals surface area contributed by atoms with Gasteiger partial charge in [-0.05, 0) is 42.5 Å². The van der Waals surface area contributed by atoms with Gasteiger partial charge in [-0.3, -0.25) is 4.79 Å². The molecular weight excluding hydrogens is 310 g/mol. The Kier molecular flexibility index (Phi) is 5.89. The third-order valence-electron chi connectivity index (χ3n) is 4.30. The van der Waals surface area contributed by atoms with Crippen molar-refractivity contribution in [2.24, 2.45) is 0 Å². The first-order chi connectivity index (χ1) is 11.7. The molecule has 0 aliphatic carbocycles. The predicted octanol–water partition coefficient (Wildman–Crippen LogP) is 4.72. The maximum atomic E-state index is 12.5. The Labute approximate surface area is 151 Å². The van der Waals surface area contributed by atoms with E-state index in [0.717, 1.165) is 11.3 Å². The first-order valence-corrected chi connectivity index (χ1v) is 8.74. The molecule has 2 aromatic carbocycles. The highest BCUT2D eigenvalue weighted by atomic mass is 16.5. The van der Waals surface area contributed by atoms with Gasteiger partial charge in [-0.25, -0.2) is 0 Å². The van der Waals surface area contributed by atoms with E-state index in [-0.39, 0.29) is 11.3 Å². The predicted molar refractivity (Wildman–Crippen MR) is 103 cm³/mol. The molecule has 0 spiro atoms. The molecule has 0 N–H and O–H groups in total. The maximum Gasteiger partial charge on any atom is 0.263 e. The number of carbonyl (C=O) groups is 1. The number of carbonyl (C=O) groups excluding carboxylic acids is 1. The van der Waals surface area contributed by atoms with Gasteiger partial charge in [0, 0.05) is 13.6 Å². The van der Waals surface area contributed by atoms with Crippen molar-refractivity contribution in [3.8, 4) is 5.75 Å². The molecule has 0 saturated carbocycles. The van der Waals surface area contributed by atoms with E-state index in [1.807, 2.05) is 19.2 Å². The van der Waals surface area contributed by atoms with Crippen LogP contribution in [0.2, 0.25) is 0 Å². The number of rotatable bonds is 5. The fraction of sp³-hybridized carbons (Fsp3) is 0.409. The van der Waals surface area contributed by atoms with E-state index in [9.17, 15) is 4.79 Å². The summed E-state index contributed by atoms with van der Waals surface area (Å²) in [7, 11) is 1.81. The minimum Gasteiger partial charge on any atom is -0.481 e. The molecule has 0 fully saturated rings. The summed E-state index contributed by atoms with van der Waals surface area (Å²) in [5.41, 5.74) is 3.68. The lowest BCUT2D eigenvalue weighted by molar-refractivity contribution is -0.137. The first kappa shape index (κ1) is 19.0. The van der Waals surface area contributed by atoms with E-state index in [1.165, 1.54) is 11.1 Å².